The molecule has 0 spiro atoms. The van der Waals surface area contributed by atoms with Crippen LogP contribution in [-0.2, 0) is 13.0 Å². The van der Waals surface area contributed by atoms with Gasteiger partial charge in [-0.1, -0.05) is 6.92 Å². The van der Waals surface area contributed by atoms with Crippen molar-refractivity contribution in [2.75, 3.05) is 18.8 Å². The smallest absolute Gasteiger partial charge is 0.317 e. The highest BCUT2D eigenvalue weighted by atomic mass is 16.2. The average molecular weight is 235 g/mol. The van der Waals surface area contributed by atoms with Crippen molar-refractivity contribution in [2.24, 2.45) is 0 Å². The lowest BCUT2D eigenvalue weighted by Crippen LogP contribution is -2.43. The number of nitrogens with one attached hydrogen (secondary N) is 1. The lowest BCUT2D eigenvalue weighted by atomic mass is 10.1. The van der Waals surface area contributed by atoms with Crippen LogP contribution in [0.3, 0.4) is 0 Å². The Hall–Kier alpha value is -1.85. The maximum absolute atomic E-state index is 11.8. The number of nitrogens with zero attached hydrogens (tertiary/aromatic N) is 3. The lowest BCUT2D eigenvalue weighted by molar-refractivity contribution is 0.191. The third-order valence-corrected chi connectivity index (χ3v) is 2.78. The first-order valence-electron chi connectivity index (χ1n) is 5.83. The van der Waals surface area contributed by atoms with Crippen molar-refractivity contribution in [3.63, 3.8) is 0 Å². The molecule has 0 unspecified atom stereocenters. The highest BCUT2D eigenvalue weighted by Gasteiger charge is 2.21. The lowest BCUT2D eigenvalue weighted by Gasteiger charge is -2.27. The zero-order chi connectivity index (χ0) is 12.3. The quantitative estimate of drug-likeness (QED) is 0.783. The number of anilines is 1. The predicted molar refractivity (Wildman–Crippen MR) is 64.2 cm³/mol. The molecule has 6 heteroatoms. The number of nitrogen functional groups attached to an aromatic ring is 1. The molecule has 0 fully saturated rings. The largest absolute Gasteiger partial charge is 0.368 e. The highest BCUT2D eigenvalue weighted by molar-refractivity contribution is 5.74. The molecule has 1 aromatic rings. The summed E-state index contributed by atoms with van der Waals surface area (Å²) in [4.78, 5) is 21.7. The zero-order valence-corrected chi connectivity index (χ0v) is 9.94. The molecule has 2 amide bonds. The van der Waals surface area contributed by atoms with E-state index in [1.165, 1.54) is 0 Å². The van der Waals surface area contributed by atoms with Crippen LogP contribution in [0.2, 0.25) is 0 Å². The molecule has 1 aliphatic rings. The van der Waals surface area contributed by atoms with Crippen molar-refractivity contribution < 1.29 is 4.79 Å². The molecule has 0 bridgehead atoms. The summed E-state index contributed by atoms with van der Waals surface area (Å²) < 4.78 is 0. The van der Waals surface area contributed by atoms with Crippen molar-refractivity contribution in [1.82, 2.24) is 20.2 Å². The van der Waals surface area contributed by atoms with E-state index in [0.717, 1.165) is 24.1 Å². The van der Waals surface area contributed by atoms with E-state index in [1.807, 2.05) is 6.92 Å². The fraction of sp³-hybridized carbons (Fsp3) is 0.545. The van der Waals surface area contributed by atoms with Crippen molar-refractivity contribution in [3.8, 4) is 0 Å². The Kier molecular flexibility index (Phi) is 3.41. The Morgan fingerprint density at radius 3 is 3.24 bits per heavy atom. The number of hydrogen-bond donors (Lipinski definition) is 2. The predicted octanol–water partition coefficient (Wildman–Crippen LogP) is 0.536. The number of carbonyl (C=O) groups is 1. The minimum absolute atomic E-state index is 0.0327. The second-order valence-corrected chi connectivity index (χ2v) is 4.10. The molecule has 92 valence electrons. The summed E-state index contributed by atoms with van der Waals surface area (Å²) in [7, 11) is 0. The van der Waals surface area contributed by atoms with Crippen molar-refractivity contribution in [2.45, 2.75) is 26.3 Å². The summed E-state index contributed by atoms with van der Waals surface area (Å²) >= 11 is 0. The number of carbonyl (C=O) groups excluding carboxylic acids is 1. The van der Waals surface area contributed by atoms with Crippen LogP contribution in [0.15, 0.2) is 6.20 Å². The summed E-state index contributed by atoms with van der Waals surface area (Å²) in [6.45, 7) is 3.95. The van der Waals surface area contributed by atoms with E-state index in [-0.39, 0.29) is 12.0 Å². The molecular formula is C11H17N5O. The van der Waals surface area contributed by atoms with E-state index in [0.29, 0.717) is 19.6 Å². The van der Waals surface area contributed by atoms with E-state index in [4.69, 9.17) is 5.73 Å². The Bertz CT molecular complexity index is 420. The minimum Gasteiger partial charge on any atom is -0.368 e. The molecule has 6 nitrogen and oxygen atoms in total. The van der Waals surface area contributed by atoms with E-state index in [1.54, 1.807) is 11.1 Å². The van der Waals surface area contributed by atoms with Gasteiger partial charge in [0.2, 0.25) is 5.95 Å². The van der Waals surface area contributed by atoms with Gasteiger partial charge in [-0.15, -0.1) is 0 Å². The van der Waals surface area contributed by atoms with Gasteiger partial charge in [0.25, 0.3) is 0 Å². The topological polar surface area (TPSA) is 84.1 Å². The van der Waals surface area contributed by atoms with Gasteiger partial charge in [-0.25, -0.2) is 14.8 Å². The van der Waals surface area contributed by atoms with Gasteiger partial charge in [0.05, 0.1) is 12.2 Å². The molecule has 0 aliphatic carbocycles. The van der Waals surface area contributed by atoms with Gasteiger partial charge < -0.3 is 16.0 Å². The van der Waals surface area contributed by atoms with E-state index in [2.05, 4.69) is 15.3 Å². The van der Waals surface area contributed by atoms with Gasteiger partial charge in [0.15, 0.2) is 0 Å². The Balaban J connectivity index is 2.04. The van der Waals surface area contributed by atoms with Crippen molar-refractivity contribution >= 4 is 12.0 Å². The molecule has 1 aliphatic heterocycles. The number of nitrogens with two attached hydrogens (primary N) is 1. The first-order chi connectivity index (χ1) is 8.20. The van der Waals surface area contributed by atoms with E-state index in [9.17, 15) is 4.79 Å². The Labute approximate surface area is 100 Å². The number of fused-ring (bicyclic) bond motifs is 1. The summed E-state index contributed by atoms with van der Waals surface area (Å²) in [5, 5.41) is 2.86. The Morgan fingerprint density at radius 1 is 1.65 bits per heavy atom. The molecule has 0 saturated carbocycles. The Morgan fingerprint density at radius 2 is 2.47 bits per heavy atom. The van der Waals surface area contributed by atoms with Crippen LogP contribution in [0.5, 0.6) is 0 Å². The second kappa shape index (κ2) is 4.99. The molecule has 3 N–H and O–H groups in total. The number of rotatable bonds is 2. The maximum atomic E-state index is 11.8. The molecule has 0 saturated heterocycles. The third-order valence-electron chi connectivity index (χ3n) is 2.78. The van der Waals surface area contributed by atoms with Gasteiger partial charge in [0, 0.05) is 19.3 Å². The molecule has 0 atom stereocenters. The molecule has 0 radical (unpaired) electrons. The standard InChI is InChI=1S/C11H17N5O/c1-2-4-13-11(17)16-5-3-8-6-14-10(12)15-9(8)7-16/h6H,2-5,7H2,1H3,(H,13,17)(H2,12,14,15). The van der Waals surface area contributed by atoms with Gasteiger partial charge in [-0.3, -0.25) is 0 Å². The fourth-order valence-electron chi connectivity index (χ4n) is 1.84. The van der Waals surface area contributed by atoms with Crippen LogP contribution in [0.25, 0.3) is 0 Å². The van der Waals surface area contributed by atoms with Gasteiger partial charge >= 0.3 is 6.03 Å². The van der Waals surface area contributed by atoms with Gasteiger partial charge in [0.1, 0.15) is 0 Å². The molecule has 2 rings (SSSR count). The highest BCUT2D eigenvalue weighted by Crippen LogP contribution is 2.16. The van der Waals surface area contributed by atoms with Crippen LogP contribution in [0, 0.1) is 0 Å². The van der Waals surface area contributed by atoms with Gasteiger partial charge in [-0.2, -0.15) is 0 Å². The third kappa shape index (κ3) is 2.64. The number of aromatic nitrogens is 2. The first kappa shape index (κ1) is 11.6. The van der Waals surface area contributed by atoms with E-state index < -0.39 is 0 Å². The van der Waals surface area contributed by atoms with Crippen molar-refractivity contribution in [1.29, 1.82) is 0 Å². The first-order valence-corrected chi connectivity index (χ1v) is 5.83. The molecule has 1 aromatic heterocycles. The average Bonchev–Trinajstić information content (AvgIpc) is 2.35. The van der Waals surface area contributed by atoms with E-state index >= 15 is 0 Å². The minimum atomic E-state index is -0.0327. The molecule has 17 heavy (non-hydrogen) atoms. The van der Waals surface area contributed by atoms with Crippen LogP contribution >= 0.6 is 0 Å². The number of hydrogen-bond acceptors (Lipinski definition) is 4. The fourth-order valence-corrected chi connectivity index (χ4v) is 1.84. The summed E-state index contributed by atoms with van der Waals surface area (Å²) in [5.41, 5.74) is 7.48. The molecular weight excluding hydrogens is 218 g/mol. The number of urea groups is 1. The molecule has 0 aromatic carbocycles. The summed E-state index contributed by atoms with van der Waals surface area (Å²) in [5.74, 6) is 0.263. The summed E-state index contributed by atoms with van der Waals surface area (Å²) in [6, 6.07) is -0.0327. The van der Waals surface area contributed by atoms with Crippen LogP contribution < -0.4 is 11.1 Å². The zero-order valence-electron chi connectivity index (χ0n) is 9.94. The van der Waals surface area contributed by atoms with Crippen LogP contribution in [0.1, 0.15) is 24.6 Å². The monoisotopic (exact) mass is 235 g/mol. The molecule has 2 heterocycles. The van der Waals surface area contributed by atoms with Crippen molar-refractivity contribution in [3.05, 3.63) is 17.5 Å². The second-order valence-electron chi connectivity index (χ2n) is 4.10. The maximum Gasteiger partial charge on any atom is 0.317 e. The van der Waals surface area contributed by atoms with Crippen LogP contribution in [0.4, 0.5) is 10.7 Å². The number of amides is 2. The van der Waals surface area contributed by atoms with Gasteiger partial charge in [-0.05, 0) is 18.4 Å². The summed E-state index contributed by atoms with van der Waals surface area (Å²) in [6.07, 6.45) is 3.47. The van der Waals surface area contributed by atoms with Crippen LogP contribution in [-0.4, -0.2) is 34.0 Å². The normalized spacial score (nSPS) is 14.3. The SMILES string of the molecule is CCCNC(=O)N1CCc2cnc(N)nc2C1.